The Morgan fingerprint density at radius 2 is 2.12 bits per heavy atom. The molecule has 0 saturated carbocycles. The molecule has 0 amide bonds. The standard InChI is InChI=1S/C9H7ClN4O2/c10-7-8(12)6(14(15)16)3-4-5(11)1-2-13-9(4)7/h1-3H,12H2,(H2,11,13). The van der Waals surface area contributed by atoms with Crippen LogP contribution < -0.4 is 11.5 Å². The van der Waals surface area contributed by atoms with Crippen LogP contribution in [0.15, 0.2) is 18.3 Å². The largest absolute Gasteiger partial charge is 0.398 e. The molecule has 0 fully saturated rings. The van der Waals surface area contributed by atoms with E-state index in [-0.39, 0.29) is 16.4 Å². The number of rotatable bonds is 1. The van der Waals surface area contributed by atoms with Crippen LogP contribution in [0.1, 0.15) is 0 Å². The maximum Gasteiger partial charge on any atom is 0.294 e. The number of hydrogen-bond donors (Lipinski definition) is 2. The van der Waals surface area contributed by atoms with Crippen LogP contribution in [0.5, 0.6) is 0 Å². The van der Waals surface area contributed by atoms with Crippen molar-refractivity contribution in [3.05, 3.63) is 33.5 Å². The minimum absolute atomic E-state index is 0.0523. The Hall–Kier alpha value is -2.08. The maximum atomic E-state index is 10.7. The summed E-state index contributed by atoms with van der Waals surface area (Å²) in [6.45, 7) is 0. The third-order valence-corrected chi connectivity index (χ3v) is 2.60. The van der Waals surface area contributed by atoms with Crippen molar-refractivity contribution in [2.75, 3.05) is 11.5 Å². The summed E-state index contributed by atoms with van der Waals surface area (Å²) in [5.41, 5.74) is 11.6. The van der Waals surface area contributed by atoms with Crippen LogP contribution in [-0.2, 0) is 0 Å². The number of fused-ring (bicyclic) bond motifs is 1. The third kappa shape index (κ3) is 1.40. The van der Waals surface area contributed by atoms with Gasteiger partial charge < -0.3 is 11.5 Å². The third-order valence-electron chi connectivity index (χ3n) is 2.22. The molecule has 2 aromatic rings. The van der Waals surface area contributed by atoms with Crippen molar-refractivity contribution in [3.8, 4) is 0 Å². The summed E-state index contributed by atoms with van der Waals surface area (Å²) < 4.78 is 0. The Morgan fingerprint density at radius 1 is 1.44 bits per heavy atom. The van der Waals surface area contributed by atoms with E-state index < -0.39 is 4.92 Å². The van der Waals surface area contributed by atoms with Gasteiger partial charge in [0.05, 0.1) is 15.5 Å². The highest BCUT2D eigenvalue weighted by Gasteiger charge is 2.19. The molecule has 1 aromatic carbocycles. The Morgan fingerprint density at radius 3 is 2.75 bits per heavy atom. The quantitative estimate of drug-likeness (QED) is 0.448. The molecule has 82 valence electrons. The lowest BCUT2D eigenvalue weighted by Crippen LogP contribution is -1.99. The zero-order chi connectivity index (χ0) is 11.9. The van der Waals surface area contributed by atoms with Gasteiger partial charge in [0.25, 0.3) is 5.69 Å². The highest BCUT2D eigenvalue weighted by Crippen LogP contribution is 2.37. The second-order valence-electron chi connectivity index (χ2n) is 3.18. The summed E-state index contributed by atoms with van der Waals surface area (Å²) in [5.74, 6) is 0. The smallest absolute Gasteiger partial charge is 0.294 e. The zero-order valence-electron chi connectivity index (χ0n) is 7.98. The van der Waals surface area contributed by atoms with Gasteiger partial charge in [-0.15, -0.1) is 0 Å². The first-order valence-electron chi connectivity index (χ1n) is 4.29. The second-order valence-corrected chi connectivity index (χ2v) is 3.55. The van der Waals surface area contributed by atoms with Gasteiger partial charge in [-0.05, 0) is 6.07 Å². The van der Waals surface area contributed by atoms with Crippen LogP contribution in [-0.4, -0.2) is 9.91 Å². The average Bonchev–Trinajstić information content (AvgIpc) is 2.23. The molecule has 0 aliphatic rings. The van der Waals surface area contributed by atoms with Crippen molar-refractivity contribution < 1.29 is 4.92 Å². The summed E-state index contributed by atoms with van der Waals surface area (Å²) in [6, 6.07) is 2.82. The van der Waals surface area contributed by atoms with Crippen LogP contribution in [0.2, 0.25) is 5.02 Å². The molecule has 4 N–H and O–H groups in total. The molecule has 1 heterocycles. The van der Waals surface area contributed by atoms with E-state index in [1.165, 1.54) is 12.3 Å². The van der Waals surface area contributed by atoms with Crippen molar-refractivity contribution in [1.82, 2.24) is 4.98 Å². The number of benzene rings is 1. The lowest BCUT2D eigenvalue weighted by molar-refractivity contribution is -0.383. The van der Waals surface area contributed by atoms with Crippen molar-refractivity contribution in [3.63, 3.8) is 0 Å². The highest BCUT2D eigenvalue weighted by atomic mass is 35.5. The predicted molar refractivity (Wildman–Crippen MR) is 62.2 cm³/mol. The molecular formula is C9H7ClN4O2. The van der Waals surface area contributed by atoms with E-state index >= 15 is 0 Å². The van der Waals surface area contributed by atoms with E-state index in [2.05, 4.69) is 4.98 Å². The highest BCUT2D eigenvalue weighted by molar-refractivity contribution is 6.38. The minimum Gasteiger partial charge on any atom is -0.398 e. The Balaban J connectivity index is 2.94. The molecule has 0 bridgehead atoms. The summed E-state index contributed by atoms with van der Waals surface area (Å²) in [5, 5.41) is 11.2. The average molecular weight is 239 g/mol. The van der Waals surface area contributed by atoms with E-state index in [1.807, 2.05) is 0 Å². The van der Waals surface area contributed by atoms with Crippen LogP contribution in [0, 0.1) is 10.1 Å². The molecule has 0 spiro atoms. The van der Waals surface area contributed by atoms with Crippen molar-refractivity contribution in [2.45, 2.75) is 0 Å². The molecular weight excluding hydrogens is 232 g/mol. The van der Waals surface area contributed by atoms with E-state index in [0.717, 1.165) is 0 Å². The van der Waals surface area contributed by atoms with Gasteiger partial charge in [-0.1, -0.05) is 11.6 Å². The minimum atomic E-state index is -0.604. The van der Waals surface area contributed by atoms with Crippen molar-refractivity contribution in [1.29, 1.82) is 0 Å². The fourth-order valence-electron chi connectivity index (χ4n) is 1.42. The number of halogens is 1. The van der Waals surface area contributed by atoms with Gasteiger partial charge in [-0.3, -0.25) is 15.1 Å². The molecule has 0 unspecified atom stereocenters. The molecule has 0 atom stereocenters. The van der Waals surface area contributed by atoms with Gasteiger partial charge in [-0.2, -0.15) is 0 Å². The number of nitrogen functional groups attached to an aromatic ring is 2. The predicted octanol–water partition coefficient (Wildman–Crippen LogP) is 1.96. The van der Waals surface area contributed by atoms with Gasteiger partial charge in [0.1, 0.15) is 5.69 Å². The molecule has 16 heavy (non-hydrogen) atoms. The first kappa shape index (κ1) is 10.4. The molecule has 7 heteroatoms. The van der Waals surface area contributed by atoms with Crippen LogP contribution >= 0.6 is 11.6 Å². The van der Waals surface area contributed by atoms with Crippen LogP contribution in [0.3, 0.4) is 0 Å². The van der Waals surface area contributed by atoms with Gasteiger partial charge in [0, 0.05) is 23.3 Å². The van der Waals surface area contributed by atoms with E-state index in [1.54, 1.807) is 6.07 Å². The number of aromatic nitrogens is 1. The molecule has 6 nitrogen and oxygen atoms in total. The normalized spacial score (nSPS) is 10.6. The zero-order valence-corrected chi connectivity index (χ0v) is 8.73. The van der Waals surface area contributed by atoms with E-state index in [4.69, 9.17) is 23.1 Å². The number of nitrogens with two attached hydrogens (primary N) is 2. The van der Waals surface area contributed by atoms with Crippen LogP contribution in [0.4, 0.5) is 17.1 Å². The topological polar surface area (TPSA) is 108 Å². The molecule has 1 aromatic heterocycles. The maximum absolute atomic E-state index is 10.7. The number of nitrogens with zero attached hydrogens (tertiary/aromatic N) is 2. The molecule has 0 aliphatic heterocycles. The first-order valence-corrected chi connectivity index (χ1v) is 4.66. The van der Waals surface area contributed by atoms with Gasteiger partial charge in [-0.25, -0.2) is 0 Å². The number of nitro benzene ring substituents is 1. The van der Waals surface area contributed by atoms with Crippen molar-refractivity contribution in [2.24, 2.45) is 0 Å². The molecule has 0 aliphatic carbocycles. The number of pyridine rings is 1. The number of nitro groups is 1. The lowest BCUT2D eigenvalue weighted by atomic mass is 10.1. The number of anilines is 2. The monoisotopic (exact) mass is 238 g/mol. The second kappa shape index (κ2) is 3.49. The summed E-state index contributed by atoms with van der Waals surface area (Å²) >= 11 is 5.90. The van der Waals surface area contributed by atoms with E-state index in [9.17, 15) is 10.1 Å². The fraction of sp³-hybridized carbons (Fsp3) is 0. The summed E-state index contributed by atoms with van der Waals surface area (Å²) in [6.07, 6.45) is 1.47. The molecule has 0 saturated heterocycles. The van der Waals surface area contributed by atoms with Crippen molar-refractivity contribution >= 4 is 39.6 Å². The van der Waals surface area contributed by atoms with Gasteiger partial charge in [0.15, 0.2) is 0 Å². The van der Waals surface area contributed by atoms with Crippen LogP contribution in [0.25, 0.3) is 10.9 Å². The van der Waals surface area contributed by atoms with Gasteiger partial charge in [0.2, 0.25) is 0 Å². The lowest BCUT2D eigenvalue weighted by Gasteiger charge is -2.05. The Bertz CT molecular complexity index is 600. The first-order chi connectivity index (χ1) is 7.52. The Kier molecular flexibility index (Phi) is 2.28. The summed E-state index contributed by atoms with van der Waals surface area (Å²) in [7, 11) is 0. The SMILES string of the molecule is Nc1c([N+](=O)[O-])cc2c(N)ccnc2c1Cl. The fourth-order valence-corrected chi connectivity index (χ4v) is 1.67. The van der Waals surface area contributed by atoms with E-state index in [0.29, 0.717) is 16.6 Å². The number of hydrogen-bond acceptors (Lipinski definition) is 5. The molecule has 0 radical (unpaired) electrons. The summed E-state index contributed by atoms with van der Waals surface area (Å²) in [4.78, 5) is 14.1. The Labute approximate surface area is 95.0 Å². The van der Waals surface area contributed by atoms with Gasteiger partial charge >= 0.3 is 0 Å². The molecule has 2 rings (SSSR count).